The molecule has 13 heteroatoms. The van der Waals surface area contributed by atoms with E-state index in [2.05, 4.69) is 30.4 Å². The fraction of sp³-hybridized carbons (Fsp3) is 0.318. The van der Waals surface area contributed by atoms with Crippen LogP contribution in [-0.4, -0.2) is 57.3 Å². The fourth-order valence-corrected chi connectivity index (χ4v) is 3.69. The number of anilines is 1. The molecule has 5 rings (SSSR count). The summed E-state index contributed by atoms with van der Waals surface area (Å²) in [5.74, 6) is 0.677. The van der Waals surface area contributed by atoms with Crippen LogP contribution in [0.5, 0.6) is 0 Å². The number of alkyl halides is 3. The van der Waals surface area contributed by atoms with E-state index in [1.807, 2.05) is 4.90 Å². The summed E-state index contributed by atoms with van der Waals surface area (Å²) < 4.78 is 49.6. The van der Waals surface area contributed by atoms with Gasteiger partial charge in [0.25, 0.3) is 5.91 Å². The number of rotatable bonds is 5. The van der Waals surface area contributed by atoms with Crippen LogP contribution in [0.25, 0.3) is 22.6 Å². The van der Waals surface area contributed by atoms with Crippen LogP contribution in [0.4, 0.5) is 19.0 Å². The van der Waals surface area contributed by atoms with Crippen molar-refractivity contribution in [3.63, 3.8) is 0 Å². The van der Waals surface area contributed by atoms with E-state index < -0.39 is 23.7 Å². The quantitative estimate of drug-likeness (QED) is 0.440. The number of ether oxygens (including phenoxy) is 1. The Kier molecular flexibility index (Phi) is 5.84. The number of aromatic nitrogens is 5. The van der Waals surface area contributed by atoms with Gasteiger partial charge in [0.1, 0.15) is 23.5 Å². The molecule has 1 amide bonds. The van der Waals surface area contributed by atoms with Crippen LogP contribution in [0.3, 0.4) is 0 Å². The molecule has 182 valence electrons. The largest absolute Gasteiger partial charge is 0.416 e. The van der Waals surface area contributed by atoms with Crippen molar-refractivity contribution in [2.75, 3.05) is 31.2 Å². The number of nitrogens with zero attached hydrogens (tertiary/aromatic N) is 5. The van der Waals surface area contributed by atoms with Crippen molar-refractivity contribution in [2.24, 2.45) is 0 Å². The molecule has 0 aliphatic carbocycles. The fourth-order valence-electron chi connectivity index (χ4n) is 3.69. The first-order valence-electron chi connectivity index (χ1n) is 10.8. The van der Waals surface area contributed by atoms with E-state index in [1.54, 1.807) is 19.1 Å². The smallest absolute Gasteiger partial charge is 0.378 e. The number of hydrogen-bond donors (Lipinski definition) is 2. The second kappa shape index (κ2) is 8.98. The molecule has 10 nitrogen and oxygen atoms in total. The molecule has 0 radical (unpaired) electrons. The molecule has 2 N–H and O–H groups in total. The van der Waals surface area contributed by atoms with Gasteiger partial charge in [-0.1, -0.05) is 5.16 Å². The average molecular weight is 487 g/mol. The highest BCUT2D eigenvalue weighted by atomic mass is 19.4. The Balaban J connectivity index is 1.29. The predicted octanol–water partition coefficient (Wildman–Crippen LogP) is 3.35. The number of benzene rings is 1. The number of fused-ring (bicyclic) bond motifs is 1. The maximum Gasteiger partial charge on any atom is 0.416 e. The lowest BCUT2D eigenvalue weighted by Gasteiger charge is -2.27. The molecular weight excluding hydrogens is 467 g/mol. The zero-order valence-corrected chi connectivity index (χ0v) is 18.5. The van der Waals surface area contributed by atoms with Gasteiger partial charge in [-0.3, -0.25) is 4.79 Å². The van der Waals surface area contributed by atoms with Gasteiger partial charge in [-0.2, -0.15) is 13.2 Å². The highest BCUT2D eigenvalue weighted by molar-refractivity contribution is 5.93. The van der Waals surface area contributed by atoms with Gasteiger partial charge < -0.3 is 24.5 Å². The van der Waals surface area contributed by atoms with E-state index in [0.717, 1.165) is 12.1 Å². The summed E-state index contributed by atoms with van der Waals surface area (Å²) in [6, 6.07) is 5.87. The Bertz CT molecular complexity index is 1360. The Hall–Kier alpha value is -4.00. The molecule has 1 aromatic carbocycles. The van der Waals surface area contributed by atoms with Crippen LogP contribution in [0, 0.1) is 0 Å². The predicted molar refractivity (Wildman–Crippen MR) is 118 cm³/mol. The Morgan fingerprint density at radius 3 is 2.74 bits per heavy atom. The summed E-state index contributed by atoms with van der Waals surface area (Å²) in [5.41, 5.74) is 0.402. The van der Waals surface area contributed by atoms with Crippen molar-refractivity contribution >= 4 is 22.8 Å². The monoisotopic (exact) mass is 487 g/mol. The lowest BCUT2D eigenvalue weighted by molar-refractivity contribution is -0.137. The maximum atomic E-state index is 13.0. The molecule has 3 aromatic heterocycles. The van der Waals surface area contributed by atoms with Gasteiger partial charge in [-0.15, -0.1) is 0 Å². The first-order chi connectivity index (χ1) is 16.8. The minimum absolute atomic E-state index is 0.204. The van der Waals surface area contributed by atoms with Crippen molar-refractivity contribution in [2.45, 2.75) is 19.1 Å². The van der Waals surface area contributed by atoms with Crippen LogP contribution in [0.1, 0.15) is 34.7 Å². The van der Waals surface area contributed by atoms with Crippen molar-refractivity contribution in [1.29, 1.82) is 0 Å². The van der Waals surface area contributed by atoms with Gasteiger partial charge in [0.15, 0.2) is 5.82 Å². The first-order valence-corrected chi connectivity index (χ1v) is 10.8. The number of imidazole rings is 1. The summed E-state index contributed by atoms with van der Waals surface area (Å²) in [6.45, 7) is 4.25. The Morgan fingerprint density at radius 2 is 1.97 bits per heavy atom. The highest BCUT2D eigenvalue weighted by Gasteiger charge is 2.31. The number of halogens is 3. The van der Waals surface area contributed by atoms with Crippen molar-refractivity contribution in [1.82, 2.24) is 30.4 Å². The zero-order valence-electron chi connectivity index (χ0n) is 18.5. The molecule has 0 spiro atoms. The summed E-state index contributed by atoms with van der Waals surface area (Å²) in [6.07, 6.45) is -3.12. The number of morpholine rings is 1. The van der Waals surface area contributed by atoms with Gasteiger partial charge in [-0.05, 0) is 25.1 Å². The van der Waals surface area contributed by atoms with Gasteiger partial charge in [0, 0.05) is 25.2 Å². The third kappa shape index (κ3) is 4.80. The standard InChI is InChI=1S/C22H20F3N7O3/c1-12(28-21(33)17-10-19(27-11-26-17)32-4-6-34-7-5-32)15-9-18(35-31-15)20-29-14-3-2-13(22(23,24)25)8-16(14)30-20/h2-3,8-12H,4-7H2,1H3,(H,28,33)(H,29,30)/t12-/m1/s1. The number of carbonyl (C=O) groups excluding carboxylic acids is 1. The van der Waals surface area contributed by atoms with Crippen LogP contribution in [0.2, 0.25) is 0 Å². The third-order valence-electron chi connectivity index (χ3n) is 5.58. The summed E-state index contributed by atoms with van der Waals surface area (Å²) in [4.78, 5) is 30.2. The number of amides is 1. The zero-order chi connectivity index (χ0) is 24.6. The first kappa shape index (κ1) is 22.8. The normalized spacial score (nSPS) is 15.4. The highest BCUT2D eigenvalue weighted by Crippen LogP contribution is 2.32. The lowest BCUT2D eigenvalue weighted by Crippen LogP contribution is -2.37. The maximum absolute atomic E-state index is 13.0. The topological polar surface area (TPSA) is 122 Å². The third-order valence-corrected chi connectivity index (χ3v) is 5.58. The summed E-state index contributed by atoms with van der Waals surface area (Å²) in [5, 5.41) is 6.78. The van der Waals surface area contributed by atoms with Crippen LogP contribution in [-0.2, 0) is 10.9 Å². The molecule has 1 atom stereocenters. The van der Waals surface area contributed by atoms with E-state index in [4.69, 9.17) is 9.26 Å². The van der Waals surface area contributed by atoms with E-state index >= 15 is 0 Å². The second-order valence-electron chi connectivity index (χ2n) is 7.99. The Morgan fingerprint density at radius 1 is 1.17 bits per heavy atom. The van der Waals surface area contributed by atoms with Crippen molar-refractivity contribution in [3.8, 4) is 11.6 Å². The van der Waals surface area contributed by atoms with Crippen molar-refractivity contribution < 1.29 is 27.2 Å². The molecule has 0 saturated carbocycles. The van der Waals surface area contributed by atoms with Crippen LogP contribution >= 0.6 is 0 Å². The molecule has 0 bridgehead atoms. The summed E-state index contributed by atoms with van der Waals surface area (Å²) >= 11 is 0. The number of carbonyl (C=O) groups is 1. The summed E-state index contributed by atoms with van der Waals surface area (Å²) in [7, 11) is 0. The molecule has 1 aliphatic rings. The van der Waals surface area contributed by atoms with Crippen LogP contribution in [0.15, 0.2) is 41.2 Å². The number of hydrogen-bond acceptors (Lipinski definition) is 8. The Labute approximate surface area is 196 Å². The van der Waals surface area contributed by atoms with E-state index in [0.29, 0.717) is 43.3 Å². The molecule has 4 heterocycles. The minimum atomic E-state index is -4.46. The average Bonchev–Trinajstić information content (AvgIpc) is 3.51. The molecule has 4 aromatic rings. The number of aromatic amines is 1. The molecular formula is C22H20F3N7O3. The minimum Gasteiger partial charge on any atom is -0.378 e. The molecule has 0 unspecified atom stereocenters. The van der Waals surface area contributed by atoms with Gasteiger partial charge in [0.2, 0.25) is 5.76 Å². The molecule has 35 heavy (non-hydrogen) atoms. The lowest BCUT2D eigenvalue weighted by atomic mass is 10.2. The van der Waals surface area contributed by atoms with Gasteiger partial charge >= 0.3 is 6.18 Å². The van der Waals surface area contributed by atoms with E-state index in [9.17, 15) is 18.0 Å². The van der Waals surface area contributed by atoms with Crippen LogP contribution < -0.4 is 10.2 Å². The van der Waals surface area contributed by atoms with Crippen molar-refractivity contribution in [3.05, 3.63) is 53.6 Å². The number of H-pyrrole nitrogens is 1. The van der Waals surface area contributed by atoms with E-state index in [1.165, 1.54) is 12.4 Å². The van der Waals surface area contributed by atoms with Gasteiger partial charge in [-0.25, -0.2) is 15.0 Å². The van der Waals surface area contributed by atoms with Gasteiger partial charge in [0.05, 0.1) is 35.9 Å². The number of nitrogens with one attached hydrogen (secondary N) is 2. The molecule has 1 saturated heterocycles. The molecule has 1 aliphatic heterocycles. The SMILES string of the molecule is C[C@@H](NC(=O)c1cc(N2CCOCC2)ncn1)c1cc(-c2nc3ccc(C(F)(F)F)cc3[nH]2)on1. The van der Waals surface area contributed by atoms with E-state index in [-0.39, 0.29) is 22.8 Å². The second-order valence-corrected chi connectivity index (χ2v) is 7.99. The molecule has 1 fully saturated rings.